The molecule has 1 amide bonds. The van der Waals surface area contributed by atoms with Gasteiger partial charge in [0.25, 0.3) is 0 Å². The highest BCUT2D eigenvalue weighted by Crippen LogP contribution is 2.25. The van der Waals surface area contributed by atoms with Crippen molar-refractivity contribution in [2.45, 2.75) is 13.3 Å². The monoisotopic (exact) mass is 303 g/mol. The zero-order chi connectivity index (χ0) is 15.5. The second-order valence-corrected chi connectivity index (χ2v) is 5.20. The number of nitrogens with zero attached hydrogens (tertiary/aromatic N) is 2. The fourth-order valence-corrected chi connectivity index (χ4v) is 2.47. The first-order chi connectivity index (χ1) is 10.7. The Hall–Kier alpha value is -2.21. The number of hydrogen-bond donors (Lipinski definition) is 1. The van der Waals surface area contributed by atoms with Crippen LogP contribution in [0, 0.1) is 5.82 Å². The van der Waals surface area contributed by atoms with Gasteiger partial charge in [0.2, 0.25) is 5.91 Å². The molecule has 0 spiro atoms. The van der Waals surface area contributed by atoms with E-state index in [9.17, 15) is 9.18 Å². The van der Waals surface area contributed by atoms with Crippen molar-refractivity contribution in [1.29, 1.82) is 0 Å². The number of morpholine rings is 1. The molecule has 0 saturated carbocycles. The maximum atomic E-state index is 14.3. The van der Waals surface area contributed by atoms with Crippen LogP contribution < -0.4 is 10.2 Å². The molecule has 1 aliphatic rings. The highest BCUT2D eigenvalue weighted by Gasteiger charge is 2.14. The van der Waals surface area contributed by atoms with Crippen molar-refractivity contribution in [2.24, 2.45) is 0 Å². The Morgan fingerprint density at radius 2 is 2.14 bits per heavy atom. The molecule has 1 aromatic heterocycles. The van der Waals surface area contributed by atoms with E-state index in [0.717, 1.165) is 18.9 Å². The summed E-state index contributed by atoms with van der Waals surface area (Å²) in [7, 11) is 0. The predicted molar refractivity (Wildman–Crippen MR) is 83.7 cm³/mol. The summed E-state index contributed by atoms with van der Waals surface area (Å²) in [5.41, 5.74) is 0.774. The molecular weight excluding hydrogens is 285 g/mol. The molecule has 116 valence electrons. The van der Waals surface area contributed by atoms with Crippen LogP contribution in [0.5, 0.6) is 0 Å². The third-order valence-electron chi connectivity index (χ3n) is 3.67. The largest absolute Gasteiger partial charge is 0.378 e. The van der Waals surface area contributed by atoms with Crippen LogP contribution in [-0.4, -0.2) is 37.2 Å². The molecule has 0 atom stereocenters. The van der Waals surface area contributed by atoms with E-state index in [1.165, 1.54) is 6.07 Å². The lowest BCUT2D eigenvalue weighted by Gasteiger charge is -2.28. The van der Waals surface area contributed by atoms with Gasteiger partial charge in [0, 0.05) is 30.6 Å². The number of anilines is 2. The summed E-state index contributed by atoms with van der Waals surface area (Å²) in [6, 6.07) is 6.75. The number of halogens is 1. The van der Waals surface area contributed by atoms with E-state index < -0.39 is 5.82 Å². The number of hydrogen-bond acceptors (Lipinski definition) is 4. The molecule has 1 aliphatic heterocycles. The van der Waals surface area contributed by atoms with Gasteiger partial charge in [0.1, 0.15) is 11.3 Å². The Morgan fingerprint density at radius 3 is 2.86 bits per heavy atom. The number of benzene rings is 1. The van der Waals surface area contributed by atoms with Crippen LogP contribution in [0.25, 0.3) is 10.9 Å². The lowest BCUT2D eigenvalue weighted by Crippen LogP contribution is -2.36. The van der Waals surface area contributed by atoms with Crippen LogP contribution in [0.2, 0.25) is 0 Å². The normalized spacial score (nSPS) is 15.1. The van der Waals surface area contributed by atoms with E-state index in [1.807, 2.05) is 12.1 Å². The number of pyridine rings is 1. The van der Waals surface area contributed by atoms with Crippen LogP contribution in [0.15, 0.2) is 24.3 Å². The Balaban J connectivity index is 1.93. The minimum absolute atomic E-state index is 0.142. The number of rotatable bonds is 3. The molecule has 6 heteroatoms. The summed E-state index contributed by atoms with van der Waals surface area (Å²) in [4.78, 5) is 17.9. The van der Waals surface area contributed by atoms with Gasteiger partial charge in [-0.2, -0.15) is 0 Å². The first kappa shape index (κ1) is 14.7. The molecule has 1 saturated heterocycles. The quantitative estimate of drug-likeness (QED) is 0.947. The molecule has 0 unspecified atom stereocenters. The van der Waals surface area contributed by atoms with Crippen molar-refractivity contribution in [3.8, 4) is 0 Å². The predicted octanol–water partition coefficient (Wildman–Crippen LogP) is 2.56. The molecule has 2 heterocycles. The first-order valence-corrected chi connectivity index (χ1v) is 7.40. The molecule has 1 N–H and O–H groups in total. The maximum Gasteiger partial charge on any atom is 0.224 e. The summed E-state index contributed by atoms with van der Waals surface area (Å²) in [5.74, 6) is 0.177. The summed E-state index contributed by atoms with van der Waals surface area (Å²) in [6.45, 7) is 4.58. The molecule has 5 nitrogen and oxygen atoms in total. The van der Waals surface area contributed by atoms with Gasteiger partial charge in [-0.25, -0.2) is 9.37 Å². The lowest BCUT2D eigenvalue weighted by atomic mass is 10.1. The molecule has 0 bridgehead atoms. The van der Waals surface area contributed by atoms with Gasteiger partial charge in [-0.1, -0.05) is 6.92 Å². The van der Waals surface area contributed by atoms with Crippen molar-refractivity contribution in [3.63, 3.8) is 0 Å². The van der Waals surface area contributed by atoms with Crippen molar-refractivity contribution in [2.75, 3.05) is 36.5 Å². The van der Waals surface area contributed by atoms with Crippen LogP contribution in [0.4, 0.5) is 15.9 Å². The van der Waals surface area contributed by atoms with E-state index in [-0.39, 0.29) is 5.91 Å². The topological polar surface area (TPSA) is 54.5 Å². The van der Waals surface area contributed by atoms with Gasteiger partial charge in [-0.3, -0.25) is 4.79 Å². The van der Waals surface area contributed by atoms with Crippen molar-refractivity contribution >= 4 is 28.3 Å². The number of carbonyl (C=O) groups excluding carboxylic acids is 1. The van der Waals surface area contributed by atoms with Crippen molar-refractivity contribution in [3.05, 3.63) is 30.1 Å². The standard InChI is InChI=1S/C16H18FN3O2/c1-2-15(21)18-12-9-11-3-4-14(19-16(11)13(17)10-12)20-5-7-22-8-6-20/h3-4,9-10H,2,5-8H2,1H3,(H,18,21). The van der Waals surface area contributed by atoms with E-state index in [4.69, 9.17) is 4.74 Å². The summed E-state index contributed by atoms with van der Waals surface area (Å²) in [5, 5.41) is 3.34. The number of fused-ring (bicyclic) bond motifs is 1. The van der Waals surface area contributed by atoms with Crippen LogP contribution in [0.1, 0.15) is 13.3 Å². The molecule has 2 aromatic rings. The number of ether oxygens (including phenoxy) is 1. The lowest BCUT2D eigenvalue weighted by molar-refractivity contribution is -0.115. The van der Waals surface area contributed by atoms with Crippen molar-refractivity contribution in [1.82, 2.24) is 4.98 Å². The second kappa shape index (κ2) is 6.27. The van der Waals surface area contributed by atoms with Crippen LogP contribution in [-0.2, 0) is 9.53 Å². The molecule has 1 aromatic carbocycles. The van der Waals surface area contributed by atoms with Crippen molar-refractivity contribution < 1.29 is 13.9 Å². The first-order valence-electron chi connectivity index (χ1n) is 7.40. The maximum absolute atomic E-state index is 14.3. The second-order valence-electron chi connectivity index (χ2n) is 5.20. The van der Waals surface area contributed by atoms with Gasteiger partial charge in [0.15, 0.2) is 5.82 Å². The van der Waals surface area contributed by atoms with E-state index >= 15 is 0 Å². The molecule has 0 aliphatic carbocycles. The average Bonchev–Trinajstić information content (AvgIpc) is 2.55. The fourth-order valence-electron chi connectivity index (χ4n) is 2.47. The van der Waals surface area contributed by atoms with Gasteiger partial charge in [-0.05, 0) is 24.3 Å². The van der Waals surface area contributed by atoms with Crippen LogP contribution in [0.3, 0.4) is 0 Å². The minimum atomic E-state index is -0.431. The molecule has 1 fully saturated rings. The van der Waals surface area contributed by atoms with E-state index in [1.54, 1.807) is 13.0 Å². The molecular formula is C16H18FN3O2. The zero-order valence-electron chi connectivity index (χ0n) is 12.4. The zero-order valence-corrected chi connectivity index (χ0v) is 12.4. The van der Waals surface area contributed by atoms with Gasteiger partial charge >= 0.3 is 0 Å². The highest BCUT2D eigenvalue weighted by molar-refractivity contribution is 5.93. The molecule has 3 rings (SSSR count). The van der Waals surface area contributed by atoms with E-state index in [0.29, 0.717) is 36.2 Å². The third kappa shape index (κ3) is 3.01. The van der Waals surface area contributed by atoms with E-state index in [2.05, 4.69) is 15.2 Å². The van der Waals surface area contributed by atoms with Gasteiger partial charge < -0.3 is 15.0 Å². The number of aromatic nitrogens is 1. The smallest absolute Gasteiger partial charge is 0.224 e. The Morgan fingerprint density at radius 1 is 1.36 bits per heavy atom. The highest BCUT2D eigenvalue weighted by atomic mass is 19.1. The SMILES string of the molecule is CCC(=O)Nc1cc(F)c2nc(N3CCOCC3)ccc2c1. The molecule has 22 heavy (non-hydrogen) atoms. The third-order valence-corrected chi connectivity index (χ3v) is 3.67. The summed E-state index contributed by atoms with van der Waals surface area (Å²) < 4.78 is 19.6. The minimum Gasteiger partial charge on any atom is -0.378 e. The van der Waals surface area contributed by atoms with Gasteiger partial charge in [0.05, 0.1) is 13.2 Å². The summed E-state index contributed by atoms with van der Waals surface area (Å²) in [6.07, 6.45) is 0.355. The Labute approximate surface area is 128 Å². The Bertz CT molecular complexity index is 699. The summed E-state index contributed by atoms with van der Waals surface area (Å²) >= 11 is 0. The van der Waals surface area contributed by atoms with Gasteiger partial charge in [-0.15, -0.1) is 0 Å². The number of amides is 1. The Kier molecular flexibility index (Phi) is 4.20. The number of carbonyl (C=O) groups is 1. The van der Waals surface area contributed by atoms with Crippen LogP contribution >= 0.6 is 0 Å². The average molecular weight is 303 g/mol. The molecule has 0 radical (unpaired) electrons. The number of nitrogens with one attached hydrogen (secondary N) is 1. The fraction of sp³-hybridized carbons (Fsp3) is 0.375.